The fourth-order valence-corrected chi connectivity index (χ4v) is 3.13. The fourth-order valence-electron chi connectivity index (χ4n) is 2.84. The van der Waals surface area contributed by atoms with E-state index >= 15 is 0 Å². The molecule has 0 atom stereocenters. The molecular formula is C18H14ClN3O2. The number of benzene rings is 2. The van der Waals surface area contributed by atoms with Crippen molar-refractivity contribution in [2.45, 2.75) is 6.54 Å². The molecule has 0 radical (unpaired) electrons. The van der Waals surface area contributed by atoms with Crippen LogP contribution in [0, 0.1) is 0 Å². The molecule has 0 aliphatic rings. The zero-order valence-corrected chi connectivity index (χ0v) is 13.7. The smallest absolute Gasteiger partial charge is 0.276 e. The predicted octanol–water partition coefficient (Wildman–Crippen LogP) is 3.59. The number of aromatic nitrogens is 3. The van der Waals surface area contributed by atoms with Crippen LogP contribution >= 0.6 is 11.6 Å². The van der Waals surface area contributed by atoms with E-state index in [2.05, 4.69) is 10.1 Å². The first-order valence-corrected chi connectivity index (χ1v) is 7.85. The van der Waals surface area contributed by atoms with E-state index in [4.69, 9.17) is 16.3 Å². The summed E-state index contributed by atoms with van der Waals surface area (Å²) in [5, 5.41) is 6.44. The van der Waals surface area contributed by atoms with Gasteiger partial charge in [-0.2, -0.15) is 5.10 Å². The maximum absolute atomic E-state index is 12.3. The van der Waals surface area contributed by atoms with Crippen molar-refractivity contribution in [2.75, 3.05) is 7.11 Å². The summed E-state index contributed by atoms with van der Waals surface area (Å²) in [6.45, 7) is 0.477. The average Bonchev–Trinajstić information content (AvgIpc) is 2.93. The van der Waals surface area contributed by atoms with Crippen LogP contribution in [0.5, 0.6) is 5.75 Å². The Morgan fingerprint density at radius 1 is 1.17 bits per heavy atom. The van der Waals surface area contributed by atoms with Crippen LogP contribution in [-0.4, -0.2) is 21.9 Å². The van der Waals surface area contributed by atoms with Crippen LogP contribution in [0.15, 0.2) is 53.3 Å². The normalized spacial score (nSPS) is 11.2. The molecule has 0 aliphatic carbocycles. The van der Waals surface area contributed by atoms with Gasteiger partial charge < -0.3 is 9.72 Å². The lowest BCUT2D eigenvalue weighted by molar-refractivity contribution is 0.414. The first kappa shape index (κ1) is 14.8. The van der Waals surface area contributed by atoms with Gasteiger partial charge in [0.15, 0.2) is 5.52 Å². The van der Waals surface area contributed by atoms with Gasteiger partial charge >= 0.3 is 0 Å². The number of hydrogen-bond donors (Lipinski definition) is 1. The molecule has 0 bridgehead atoms. The number of methoxy groups -OCH3 is 1. The van der Waals surface area contributed by atoms with Crippen molar-refractivity contribution in [3.63, 3.8) is 0 Å². The number of pyridine rings is 1. The molecule has 0 aliphatic heterocycles. The van der Waals surface area contributed by atoms with Crippen LogP contribution in [-0.2, 0) is 6.54 Å². The van der Waals surface area contributed by atoms with Crippen LogP contribution in [0.3, 0.4) is 0 Å². The number of nitrogens with one attached hydrogen (secondary N) is 1. The zero-order valence-electron chi connectivity index (χ0n) is 12.9. The monoisotopic (exact) mass is 339 g/mol. The summed E-state index contributed by atoms with van der Waals surface area (Å²) in [6.07, 6.45) is 0. The largest absolute Gasteiger partial charge is 0.497 e. The van der Waals surface area contributed by atoms with Crippen molar-refractivity contribution < 1.29 is 4.74 Å². The van der Waals surface area contributed by atoms with Crippen LogP contribution in [0.1, 0.15) is 5.56 Å². The number of para-hydroxylation sites is 1. The maximum Gasteiger partial charge on any atom is 0.276 e. The highest BCUT2D eigenvalue weighted by molar-refractivity contribution is 6.36. The summed E-state index contributed by atoms with van der Waals surface area (Å²) in [6, 6.07) is 15.2. The quantitative estimate of drug-likeness (QED) is 0.620. The molecule has 4 aromatic rings. The summed E-state index contributed by atoms with van der Waals surface area (Å²) in [4.78, 5) is 15.1. The van der Waals surface area contributed by atoms with Gasteiger partial charge in [-0.15, -0.1) is 0 Å². The summed E-state index contributed by atoms with van der Waals surface area (Å²) in [5.74, 6) is 0.790. The average molecular weight is 340 g/mol. The van der Waals surface area contributed by atoms with Gasteiger partial charge in [-0.3, -0.25) is 4.79 Å². The van der Waals surface area contributed by atoms with Gasteiger partial charge in [0.25, 0.3) is 5.56 Å². The van der Waals surface area contributed by atoms with Crippen LogP contribution in [0.2, 0.25) is 5.15 Å². The Kier molecular flexibility index (Phi) is 3.50. The van der Waals surface area contributed by atoms with Crippen molar-refractivity contribution in [1.29, 1.82) is 0 Å². The van der Waals surface area contributed by atoms with Gasteiger partial charge in [0.05, 0.1) is 19.0 Å². The molecule has 6 heteroatoms. The van der Waals surface area contributed by atoms with Crippen molar-refractivity contribution in [1.82, 2.24) is 14.8 Å². The van der Waals surface area contributed by atoms with Gasteiger partial charge in [-0.25, -0.2) is 4.68 Å². The molecule has 0 spiro atoms. The summed E-state index contributed by atoms with van der Waals surface area (Å²) in [7, 11) is 1.63. The van der Waals surface area contributed by atoms with E-state index in [1.165, 1.54) is 0 Å². The lowest BCUT2D eigenvalue weighted by Crippen LogP contribution is -2.07. The van der Waals surface area contributed by atoms with Gasteiger partial charge in [0, 0.05) is 10.9 Å². The summed E-state index contributed by atoms with van der Waals surface area (Å²) >= 11 is 6.54. The SMILES string of the molecule is COc1ccc(Cn2nc3c(=O)[nH]c4ccccc4c3c2Cl)cc1. The first-order valence-electron chi connectivity index (χ1n) is 7.47. The maximum atomic E-state index is 12.3. The second-order valence-electron chi connectivity index (χ2n) is 5.52. The van der Waals surface area contributed by atoms with Crippen molar-refractivity contribution in [3.05, 3.63) is 69.6 Å². The molecule has 2 heterocycles. The number of halogens is 1. The molecule has 24 heavy (non-hydrogen) atoms. The molecule has 0 fully saturated rings. The Labute approximate surface area is 142 Å². The zero-order chi connectivity index (χ0) is 16.7. The van der Waals surface area contributed by atoms with E-state index in [1.807, 2.05) is 48.5 Å². The third-order valence-corrected chi connectivity index (χ3v) is 4.43. The Balaban J connectivity index is 1.87. The minimum absolute atomic E-state index is 0.237. The Morgan fingerprint density at radius 2 is 1.92 bits per heavy atom. The molecule has 5 nitrogen and oxygen atoms in total. The van der Waals surface area contributed by atoms with E-state index < -0.39 is 0 Å². The highest BCUT2D eigenvalue weighted by Gasteiger charge is 2.15. The molecule has 4 rings (SSSR count). The van der Waals surface area contributed by atoms with E-state index in [0.717, 1.165) is 22.2 Å². The molecule has 0 saturated carbocycles. The van der Waals surface area contributed by atoms with E-state index in [9.17, 15) is 4.79 Å². The fraction of sp³-hybridized carbons (Fsp3) is 0.111. The number of fused-ring (bicyclic) bond motifs is 3. The van der Waals surface area contributed by atoms with Crippen LogP contribution in [0.25, 0.3) is 21.8 Å². The molecule has 2 aromatic heterocycles. The van der Waals surface area contributed by atoms with Crippen LogP contribution in [0.4, 0.5) is 0 Å². The van der Waals surface area contributed by atoms with E-state index in [-0.39, 0.29) is 5.56 Å². The standard InChI is InChI=1S/C18H14ClN3O2/c1-24-12-8-6-11(7-9-12)10-22-17(19)15-13-4-2-3-5-14(13)20-18(23)16(15)21-22/h2-9H,10H2,1H3,(H,20,23). The Bertz CT molecular complexity index is 1100. The molecule has 0 amide bonds. The van der Waals surface area contributed by atoms with Gasteiger partial charge in [-0.1, -0.05) is 41.9 Å². The van der Waals surface area contributed by atoms with Gasteiger partial charge in [-0.05, 0) is 23.8 Å². The van der Waals surface area contributed by atoms with Crippen molar-refractivity contribution in [2.24, 2.45) is 0 Å². The van der Waals surface area contributed by atoms with Crippen molar-refractivity contribution >= 4 is 33.4 Å². The Morgan fingerprint density at radius 3 is 2.67 bits per heavy atom. The van der Waals surface area contributed by atoms with E-state index in [1.54, 1.807) is 11.8 Å². The number of ether oxygens (including phenoxy) is 1. The summed E-state index contributed by atoms with van der Waals surface area (Å²) in [5.41, 5.74) is 1.89. The van der Waals surface area contributed by atoms with E-state index in [0.29, 0.717) is 22.6 Å². The minimum Gasteiger partial charge on any atom is -0.497 e. The predicted molar refractivity (Wildman–Crippen MR) is 95.0 cm³/mol. The summed E-state index contributed by atoms with van der Waals surface area (Å²) < 4.78 is 6.81. The molecule has 2 aromatic carbocycles. The van der Waals surface area contributed by atoms with Crippen LogP contribution < -0.4 is 10.3 Å². The molecule has 0 saturated heterocycles. The topological polar surface area (TPSA) is 59.9 Å². The lowest BCUT2D eigenvalue weighted by Gasteiger charge is -2.05. The number of H-pyrrole nitrogens is 1. The molecule has 1 N–H and O–H groups in total. The molecular weight excluding hydrogens is 326 g/mol. The van der Waals surface area contributed by atoms with Crippen molar-refractivity contribution in [3.8, 4) is 5.75 Å². The number of aromatic amines is 1. The minimum atomic E-state index is -0.237. The molecule has 0 unspecified atom stereocenters. The third-order valence-electron chi connectivity index (χ3n) is 4.04. The number of nitrogens with zero attached hydrogens (tertiary/aromatic N) is 2. The second kappa shape index (κ2) is 5.69. The number of rotatable bonds is 3. The third kappa shape index (κ3) is 2.34. The van der Waals surface area contributed by atoms with Gasteiger partial charge in [0.1, 0.15) is 10.9 Å². The number of hydrogen-bond acceptors (Lipinski definition) is 3. The second-order valence-corrected chi connectivity index (χ2v) is 5.88. The van der Waals surface area contributed by atoms with Gasteiger partial charge in [0.2, 0.25) is 0 Å². The lowest BCUT2D eigenvalue weighted by atomic mass is 10.1. The first-order chi connectivity index (χ1) is 11.7. The highest BCUT2D eigenvalue weighted by atomic mass is 35.5. The molecule has 120 valence electrons. The highest BCUT2D eigenvalue weighted by Crippen LogP contribution is 2.28. The Hall–Kier alpha value is -2.79.